The molecule has 0 aromatic heterocycles. The number of hydrogen-bond donors (Lipinski definition) is 0. The van der Waals surface area contributed by atoms with Gasteiger partial charge in [0.1, 0.15) is 5.75 Å². The number of hydrogen-bond acceptors (Lipinski definition) is 2. The van der Waals surface area contributed by atoms with E-state index in [2.05, 4.69) is 28.1 Å². The number of halogens is 1. The van der Waals surface area contributed by atoms with Gasteiger partial charge in [-0.15, -0.1) is 0 Å². The molecule has 19 heavy (non-hydrogen) atoms. The summed E-state index contributed by atoms with van der Waals surface area (Å²) in [6.45, 7) is 4.64. The quantitative estimate of drug-likeness (QED) is 0.715. The zero-order valence-electron chi connectivity index (χ0n) is 11.2. The maximum Gasteiger partial charge on any atom is 0.169 e. The Balaban J connectivity index is 2.26. The van der Waals surface area contributed by atoms with Gasteiger partial charge in [0.25, 0.3) is 0 Å². The van der Waals surface area contributed by atoms with Gasteiger partial charge in [0.2, 0.25) is 0 Å². The Hall–Kier alpha value is -1.48. The Morgan fingerprint density at radius 1 is 1.00 bits per heavy atom. The van der Waals surface area contributed by atoms with E-state index in [9.17, 15) is 0 Å². The van der Waals surface area contributed by atoms with Crippen molar-refractivity contribution in [3.63, 3.8) is 0 Å². The van der Waals surface area contributed by atoms with E-state index >= 15 is 0 Å². The Morgan fingerprint density at radius 2 is 1.74 bits per heavy atom. The molecule has 2 aromatic rings. The van der Waals surface area contributed by atoms with Crippen LogP contribution >= 0.6 is 15.9 Å². The highest BCUT2D eigenvalue weighted by atomic mass is 79.9. The topological polar surface area (TPSA) is 18.5 Å². The Labute approximate surface area is 122 Å². The van der Waals surface area contributed by atoms with Crippen molar-refractivity contribution in [1.29, 1.82) is 0 Å². The van der Waals surface area contributed by atoms with Gasteiger partial charge >= 0.3 is 0 Å². The van der Waals surface area contributed by atoms with E-state index < -0.39 is 0 Å². The molecule has 0 saturated heterocycles. The molecule has 0 amide bonds. The van der Waals surface area contributed by atoms with Crippen LogP contribution in [-0.2, 0) is 5.33 Å². The molecule has 0 aliphatic rings. The normalized spacial score (nSPS) is 10.3. The summed E-state index contributed by atoms with van der Waals surface area (Å²) in [6.07, 6.45) is 0. The molecule has 0 unspecified atom stereocenters. The van der Waals surface area contributed by atoms with Crippen molar-refractivity contribution in [3.05, 3.63) is 53.6 Å². The summed E-state index contributed by atoms with van der Waals surface area (Å²) in [6, 6.07) is 13.9. The van der Waals surface area contributed by atoms with Crippen LogP contribution in [0.15, 0.2) is 42.5 Å². The molecule has 0 fully saturated rings. The molecular formula is C16H17BrO2. The molecule has 2 rings (SSSR count). The third-order valence-electron chi connectivity index (χ3n) is 2.76. The molecule has 0 atom stereocenters. The van der Waals surface area contributed by atoms with Gasteiger partial charge in [-0.05, 0) is 43.2 Å². The van der Waals surface area contributed by atoms with Crippen LogP contribution in [0, 0.1) is 6.92 Å². The van der Waals surface area contributed by atoms with E-state index in [1.165, 1.54) is 5.56 Å². The lowest BCUT2D eigenvalue weighted by Gasteiger charge is -2.13. The lowest BCUT2D eigenvalue weighted by molar-refractivity contribution is 0.321. The summed E-state index contributed by atoms with van der Waals surface area (Å²) in [7, 11) is 0. The van der Waals surface area contributed by atoms with Crippen molar-refractivity contribution in [3.8, 4) is 17.2 Å². The van der Waals surface area contributed by atoms with Crippen LogP contribution in [0.25, 0.3) is 0 Å². The monoisotopic (exact) mass is 320 g/mol. The molecule has 3 heteroatoms. The summed E-state index contributed by atoms with van der Waals surface area (Å²) >= 11 is 3.45. The molecule has 2 nitrogen and oxygen atoms in total. The first-order chi connectivity index (χ1) is 9.24. The molecule has 0 aliphatic heterocycles. The van der Waals surface area contributed by atoms with Crippen LogP contribution in [-0.4, -0.2) is 6.61 Å². The van der Waals surface area contributed by atoms with Crippen molar-refractivity contribution in [2.24, 2.45) is 0 Å². The highest BCUT2D eigenvalue weighted by Gasteiger charge is 2.07. The van der Waals surface area contributed by atoms with Crippen molar-refractivity contribution in [1.82, 2.24) is 0 Å². The molecule has 0 radical (unpaired) electrons. The standard InChI is InChI=1S/C16H17BrO2/c1-3-18-15-6-4-5-7-16(15)19-14-9-8-13(11-17)10-12(14)2/h4-10H,3,11H2,1-2H3. The van der Waals surface area contributed by atoms with Gasteiger partial charge in [-0.1, -0.05) is 40.2 Å². The molecule has 2 aromatic carbocycles. The molecule has 0 aliphatic carbocycles. The number of para-hydroxylation sites is 2. The van der Waals surface area contributed by atoms with E-state index in [1.54, 1.807) is 0 Å². The summed E-state index contributed by atoms with van der Waals surface area (Å²) in [5.74, 6) is 2.38. The van der Waals surface area contributed by atoms with Gasteiger partial charge < -0.3 is 9.47 Å². The molecular weight excluding hydrogens is 304 g/mol. The van der Waals surface area contributed by atoms with Gasteiger partial charge in [0.15, 0.2) is 11.5 Å². The molecule has 0 saturated carbocycles. The van der Waals surface area contributed by atoms with Crippen LogP contribution in [0.1, 0.15) is 18.1 Å². The number of alkyl halides is 1. The average molecular weight is 321 g/mol. The SMILES string of the molecule is CCOc1ccccc1Oc1ccc(CBr)cc1C. The van der Waals surface area contributed by atoms with Gasteiger partial charge in [0, 0.05) is 5.33 Å². The second kappa shape index (κ2) is 6.62. The van der Waals surface area contributed by atoms with Gasteiger partial charge in [0.05, 0.1) is 6.61 Å². The minimum Gasteiger partial charge on any atom is -0.490 e. The van der Waals surface area contributed by atoms with E-state index in [1.807, 2.05) is 44.2 Å². The second-order valence-corrected chi connectivity index (χ2v) is 4.78. The fourth-order valence-electron chi connectivity index (χ4n) is 1.84. The van der Waals surface area contributed by atoms with Crippen LogP contribution in [0.2, 0.25) is 0 Å². The Morgan fingerprint density at radius 3 is 2.37 bits per heavy atom. The third kappa shape index (κ3) is 3.51. The van der Waals surface area contributed by atoms with E-state index in [-0.39, 0.29) is 0 Å². The largest absolute Gasteiger partial charge is 0.490 e. The zero-order valence-corrected chi connectivity index (χ0v) is 12.7. The van der Waals surface area contributed by atoms with Crippen LogP contribution in [0.5, 0.6) is 17.2 Å². The fourth-order valence-corrected chi connectivity index (χ4v) is 2.19. The van der Waals surface area contributed by atoms with Gasteiger partial charge in [-0.2, -0.15) is 0 Å². The summed E-state index contributed by atoms with van der Waals surface area (Å²) in [5, 5.41) is 0.851. The van der Waals surface area contributed by atoms with Crippen molar-refractivity contribution >= 4 is 15.9 Å². The Kier molecular flexibility index (Phi) is 4.86. The predicted molar refractivity (Wildman–Crippen MR) is 81.5 cm³/mol. The predicted octanol–water partition coefficient (Wildman–Crippen LogP) is 5.08. The average Bonchev–Trinajstić information content (AvgIpc) is 2.43. The summed E-state index contributed by atoms with van der Waals surface area (Å²) < 4.78 is 11.5. The first-order valence-electron chi connectivity index (χ1n) is 6.29. The number of ether oxygens (including phenoxy) is 2. The van der Waals surface area contributed by atoms with Crippen LogP contribution in [0.4, 0.5) is 0 Å². The molecule has 100 valence electrons. The first-order valence-corrected chi connectivity index (χ1v) is 7.42. The molecule has 0 spiro atoms. The molecule has 0 N–H and O–H groups in total. The van der Waals surface area contributed by atoms with E-state index in [0.717, 1.165) is 28.1 Å². The highest BCUT2D eigenvalue weighted by molar-refractivity contribution is 9.08. The van der Waals surface area contributed by atoms with Crippen LogP contribution in [0.3, 0.4) is 0 Å². The lowest BCUT2D eigenvalue weighted by atomic mass is 10.1. The first kappa shape index (κ1) is 13.9. The van der Waals surface area contributed by atoms with Crippen molar-refractivity contribution in [2.75, 3.05) is 6.61 Å². The second-order valence-electron chi connectivity index (χ2n) is 4.22. The third-order valence-corrected chi connectivity index (χ3v) is 3.41. The number of aryl methyl sites for hydroxylation is 1. The Bertz CT molecular complexity index is 552. The maximum atomic E-state index is 5.95. The van der Waals surface area contributed by atoms with Crippen LogP contribution < -0.4 is 9.47 Å². The van der Waals surface area contributed by atoms with Crippen molar-refractivity contribution in [2.45, 2.75) is 19.2 Å². The van der Waals surface area contributed by atoms with Crippen molar-refractivity contribution < 1.29 is 9.47 Å². The minimum absolute atomic E-state index is 0.627. The maximum absolute atomic E-state index is 5.95. The number of benzene rings is 2. The summed E-state index contributed by atoms with van der Waals surface area (Å²) in [5.41, 5.74) is 2.35. The zero-order chi connectivity index (χ0) is 13.7. The fraction of sp³-hybridized carbons (Fsp3) is 0.250. The lowest BCUT2D eigenvalue weighted by Crippen LogP contribution is -1.95. The molecule has 0 bridgehead atoms. The van der Waals surface area contributed by atoms with Gasteiger partial charge in [-0.3, -0.25) is 0 Å². The van der Waals surface area contributed by atoms with Gasteiger partial charge in [-0.25, -0.2) is 0 Å². The number of rotatable bonds is 5. The summed E-state index contributed by atoms with van der Waals surface area (Å²) in [4.78, 5) is 0. The molecule has 0 heterocycles. The van der Waals surface area contributed by atoms with E-state index in [4.69, 9.17) is 9.47 Å². The smallest absolute Gasteiger partial charge is 0.169 e. The minimum atomic E-state index is 0.627. The highest BCUT2D eigenvalue weighted by Crippen LogP contribution is 2.33. The van der Waals surface area contributed by atoms with E-state index in [0.29, 0.717) is 6.61 Å².